The van der Waals surface area contributed by atoms with E-state index in [2.05, 4.69) is 0 Å². The number of nitrogens with zero attached hydrogens (tertiary/aromatic N) is 2. The summed E-state index contributed by atoms with van der Waals surface area (Å²) in [6.45, 7) is 6.40. The van der Waals surface area contributed by atoms with Crippen LogP contribution in [0, 0.1) is 0 Å². The molecule has 2 rings (SSSR count). The third-order valence-corrected chi connectivity index (χ3v) is 4.93. The zero-order valence-electron chi connectivity index (χ0n) is 15.7. The van der Waals surface area contributed by atoms with E-state index in [-0.39, 0.29) is 5.91 Å². The number of piperidine rings is 1. The van der Waals surface area contributed by atoms with Crippen molar-refractivity contribution in [2.24, 2.45) is 0 Å². The zero-order chi connectivity index (χ0) is 19.5. The predicted molar refractivity (Wildman–Crippen MR) is 104 cm³/mol. The van der Waals surface area contributed by atoms with Crippen LogP contribution in [0.25, 0.3) is 0 Å². The quantitative estimate of drug-likeness (QED) is 0.735. The maximum atomic E-state index is 13.0. The van der Waals surface area contributed by atoms with Crippen LogP contribution in [0.2, 0.25) is 10.0 Å². The minimum Gasteiger partial charge on any atom is -0.444 e. The first-order valence-electron chi connectivity index (χ1n) is 8.77. The van der Waals surface area contributed by atoms with E-state index in [1.54, 1.807) is 29.0 Å². The summed E-state index contributed by atoms with van der Waals surface area (Å²) in [7, 11) is 1.73. The van der Waals surface area contributed by atoms with E-state index in [1.165, 1.54) is 0 Å². The molecule has 0 aromatic heterocycles. The number of likely N-dealkylation sites (N-methyl/N-ethyl adjacent to an activating group) is 1. The van der Waals surface area contributed by atoms with Crippen LogP contribution in [0.15, 0.2) is 18.2 Å². The normalized spacial score (nSPS) is 17.8. The summed E-state index contributed by atoms with van der Waals surface area (Å²) in [5, 5.41) is 0.936. The van der Waals surface area contributed by atoms with Crippen LogP contribution in [0.3, 0.4) is 0 Å². The van der Waals surface area contributed by atoms with Crippen LogP contribution in [-0.2, 0) is 16.1 Å². The molecule has 144 valence electrons. The van der Waals surface area contributed by atoms with Crippen LogP contribution in [0.5, 0.6) is 0 Å². The van der Waals surface area contributed by atoms with Crippen molar-refractivity contribution in [3.63, 3.8) is 0 Å². The Morgan fingerprint density at radius 3 is 2.54 bits per heavy atom. The summed E-state index contributed by atoms with van der Waals surface area (Å²) >= 11 is 12.0. The van der Waals surface area contributed by atoms with E-state index in [9.17, 15) is 9.59 Å². The lowest BCUT2D eigenvalue weighted by molar-refractivity contribution is -0.137. The van der Waals surface area contributed by atoms with Gasteiger partial charge in [0.25, 0.3) is 0 Å². The van der Waals surface area contributed by atoms with Crippen molar-refractivity contribution in [3.8, 4) is 0 Å². The Labute approximate surface area is 165 Å². The van der Waals surface area contributed by atoms with Gasteiger partial charge in [-0.1, -0.05) is 29.3 Å². The van der Waals surface area contributed by atoms with Crippen LogP contribution in [-0.4, -0.2) is 47.0 Å². The molecule has 7 heteroatoms. The van der Waals surface area contributed by atoms with Crippen LogP contribution in [0.1, 0.15) is 45.6 Å². The van der Waals surface area contributed by atoms with E-state index in [0.29, 0.717) is 29.6 Å². The second-order valence-electron chi connectivity index (χ2n) is 7.63. The number of hydrogen-bond acceptors (Lipinski definition) is 3. The molecule has 1 aliphatic heterocycles. The molecule has 5 nitrogen and oxygen atoms in total. The van der Waals surface area contributed by atoms with Gasteiger partial charge >= 0.3 is 6.09 Å². The molecule has 1 fully saturated rings. The highest BCUT2D eigenvalue weighted by molar-refractivity contribution is 6.42. The van der Waals surface area contributed by atoms with Crippen molar-refractivity contribution in [1.82, 2.24) is 9.80 Å². The first-order chi connectivity index (χ1) is 12.1. The monoisotopic (exact) mass is 400 g/mol. The van der Waals surface area contributed by atoms with Gasteiger partial charge in [-0.25, -0.2) is 4.79 Å². The van der Waals surface area contributed by atoms with E-state index in [0.717, 1.165) is 18.4 Å². The second-order valence-corrected chi connectivity index (χ2v) is 8.44. The molecule has 26 heavy (non-hydrogen) atoms. The molecule has 1 heterocycles. The van der Waals surface area contributed by atoms with Gasteiger partial charge in [-0.2, -0.15) is 0 Å². The molecule has 1 atom stereocenters. The Kier molecular flexibility index (Phi) is 6.80. The Morgan fingerprint density at radius 2 is 1.92 bits per heavy atom. The number of carbonyl (C=O) groups excluding carboxylic acids is 2. The highest BCUT2D eigenvalue weighted by Crippen LogP contribution is 2.25. The summed E-state index contributed by atoms with van der Waals surface area (Å²) in [5.41, 5.74) is 0.295. The number of ether oxygens (including phenoxy) is 1. The van der Waals surface area contributed by atoms with Gasteiger partial charge in [-0.05, 0) is 57.7 Å². The molecule has 1 saturated heterocycles. The number of amides is 2. The van der Waals surface area contributed by atoms with Gasteiger partial charge in [-0.3, -0.25) is 9.69 Å². The molecule has 0 bridgehead atoms. The Bertz CT molecular complexity index is 673. The molecular weight excluding hydrogens is 375 g/mol. The molecular formula is C19H26Cl2N2O3. The molecule has 0 aliphatic carbocycles. The fourth-order valence-corrected chi connectivity index (χ4v) is 3.29. The third kappa shape index (κ3) is 5.52. The Balaban J connectivity index is 2.08. The molecule has 0 spiro atoms. The van der Waals surface area contributed by atoms with Crippen LogP contribution < -0.4 is 0 Å². The average molecular weight is 401 g/mol. The lowest BCUT2D eigenvalue weighted by atomic mass is 10.0. The summed E-state index contributed by atoms with van der Waals surface area (Å²) in [5.74, 6) is -0.0957. The minimum atomic E-state index is -0.589. The van der Waals surface area contributed by atoms with E-state index in [4.69, 9.17) is 27.9 Å². The maximum Gasteiger partial charge on any atom is 0.410 e. The fourth-order valence-electron chi connectivity index (χ4n) is 2.97. The van der Waals surface area contributed by atoms with E-state index < -0.39 is 17.7 Å². The van der Waals surface area contributed by atoms with Gasteiger partial charge in [0.05, 0.1) is 10.0 Å². The molecule has 0 saturated carbocycles. The van der Waals surface area contributed by atoms with Crippen molar-refractivity contribution in [3.05, 3.63) is 33.8 Å². The SMILES string of the molecule is CN(Cc1ccc(Cl)c(Cl)c1)C(=O)[C@@H]1CCCCN1C(=O)OC(C)(C)C. The number of rotatable bonds is 3. The third-order valence-electron chi connectivity index (χ3n) is 4.20. The van der Waals surface area contributed by atoms with Gasteiger partial charge < -0.3 is 9.64 Å². The van der Waals surface area contributed by atoms with Crippen molar-refractivity contribution < 1.29 is 14.3 Å². The topological polar surface area (TPSA) is 49.9 Å². The highest BCUT2D eigenvalue weighted by atomic mass is 35.5. The van der Waals surface area contributed by atoms with Gasteiger partial charge in [0.2, 0.25) is 5.91 Å². The lowest BCUT2D eigenvalue weighted by Crippen LogP contribution is -2.53. The summed E-state index contributed by atoms with van der Waals surface area (Å²) in [4.78, 5) is 28.6. The summed E-state index contributed by atoms with van der Waals surface area (Å²) in [6, 6.07) is 4.81. The summed E-state index contributed by atoms with van der Waals surface area (Å²) in [6.07, 6.45) is 2.00. The van der Waals surface area contributed by atoms with Crippen molar-refractivity contribution in [1.29, 1.82) is 0 Å². The average Bonchev–Trinajstić information content (AvgIpc) is 2.56. The Hall–Kier alpha value is -1.46. The van der Waals surface area contributed by atoms with Crippen molar-refractivity contribution >= 4 is 35.2 Å². The number of carbonyl (C=O) groups is 2. The lowest BCUT2D eigenvalue weighted by Gasteiger charge is -2.37. The molecule has 0 unspecified atom stereocenters. The highest BCUT2D eigenvalue weighted by Gasteiger charge is 2.36. The van der Waals surface area contributed by atoms with Crippen LogP contribution >= 0.6 is 23.2 Å². The minimum absolute atomic E-state index is 0.0957. The predicted octanol–water partition coefficient (Wildman–Crippen LogP) is 4.74. The molecule has 2 amide bonds. The molecule has 1 aromatic carbocycles. The standard InChI is InChI=1S/C19H26Cl2N2O3/c1-19(2,3)26-18(25)23-10-6-5-7-16(23)17(24)22(4)12-13-8-9-14(20)15(21)11-13/h8-9,11,16H,5-7,10,12H2,1-4H3/t16-/m0/s1. The number of hydrogen-bond donors (Lipinski definition) is 0. The van der Waals surface area contributed by atoms with Gasteiger partial charge in [-0.15, -0.1) is 0 Å². The first-order valence-corrected chi connectivity index (χ1v) is 9.52. The number of benzene rings is 1. The molecule has 1 aliphatic rings. The summed E-state index contributed by atoms with van der Waals surface area (Å²) < 4.78 is 5.47. The van der Waals surface area contributed by atoms with Gasteiger partial charge in [0.1, 0.15) is 11.6 Å². The zero-order valence-corrected chi connectivity index (χ0v) is 17.2. The smallest absolute Gasteiger partial charge is 0.410 e. The van der Waals surface area contributed by atoms with Crippen LogP contribution in [0.4, 0.5) is 4.79 Å². The molecule has 0 N–H and O–H groups in total. The molecule has 1 aromatic rings. The largest absolute Gasteiger partial charge is 0.444 e. The van der Waals surface area contributed by atoms with Crippen molar-refractivity contribution in [2.45, 2.75) is 58.2 Å². The van der Waals surface area contributed by atoms with Gasteiger partial charge in [0, 0.05) is 20.1 Å². The first kappa shape index (κ1) is 20.8. The van der Waals surface area contributed by atoms with Gasteiger partial charge in [0.15, 0.2) is 0 Å². The fraction of sp³-hybridized carbons (Fsp3) is 0.579. The number of halogens is 2. The maximum absolute atomic E-state index is 13.0. The molecule has 0 radical (unpaired) electrons. The van der Waals surface area contributed by atoms with E-state index >= 15 is 0 Å². The number of likely N-dealkylation sites (tertiary alicyclic amines) is 1. The van der Waals surface area contributed by atoms with Crippen molar-refractivity contribution in [2.75, 3.05) is 13.6 Å². The Morgan fingerprint density at radius 1 is 1.23 bits per heavy atom. The van der Waals surface area contributed by atoms with E-state index in [1.807, 2.05) is 26.8 Å². The second kappa shape index (κ2) is 8.49.